The van der Waals surface area contributed by atoms with E-state index in [1.807, 2.05) is 36.2 Å². The Labute approximate surface area is 154 Å². The van der Waals surface area contributed by atoms with Crippen molar-refractivity contribution in [2.75, 3.05) is 27.7 Å². The second-order valence-electron chi connectivity index (χ2n) is 5.55. The number of rotatable bonds is 6. The zero-order chi connectivity index (χ0) is 19.2. The summed E-state index contributed by atoms with van der Waals surface area (Å²) >= 11 is 1.01. The van der Waals surface area contributed by atoms with Crippen LogP contribution >= 0.6 is 11.3 Å². The normalized spacial score (nSPS) is 12.2. The van der Waals surface area contributed by atoms with Crippen molar-refractivity contribution in [1.82, 2.24) is 15.2 Å². The monoisotopic (exact) mass is 386 g/mol. The summed E-state index contributed by atoms with van der Waals surface area (Å²) < 4.78 is 42.8. The third-order valence-electron chi connectivity index (χ3n) is 3.62. The SMILES string of the molecule is CN=C(NCCc1nc(C(F)(F)F)cs1)N(C)Cc1ccc(OC)cc1. The lowest BCUT2D eigenvalue weighted by molar-refractivity contribution is -0.140. The van der Waals surface area contributed by atoms with E-state index < -0.39 is 11.9 Å². The number of halogens is 3. The van der Waals surface area contributed by atoms with Crippen LogP contribution in [0, 0.1) is 0 Å². The molecule has 142 valence electrons. The lowest BCUT2D eigenvalue weighted by Crippen LogP contribution is -2.39. The maximum absolute atomic E-state index is 12.6. The third-order valence-corrected chi connectivity index (χ3v) is 4.52. The van der Waals surface area contributed by atoms with Gasteiger partial charge in [0.25, 0.3) is 0 Å². The Kier molecular flexibility index (Phi) is 6.84. The van der Waals surface area contributed by atoms with Gasteiger partial charge in [0.05, 0.1) is 12.1 Å². The van der Waals surface area contributed by atoms with Crippen LogP contribution < -0.4 is 10.1 Å². The van der Waals surface area contributed by atoms with Crippen molar-refractivity contribution in [1.29, 1.82) is 0 Å². The lowest BCUT2D eigenvalue weighted by Gasteiger charge is -2.22. The van der Waals surface area contributed by atoms with Gasteiger partial charge in [-0.15, -0.1) is 11.3 Å². The highest BCUT2D eigenvalue weighted by Gasteiger charge is 2.33. The maximum atomic E-state index is 12.6. The van der Waals surface area contributed by atoms with Gasteiger partial charge in [-0.25, -0.2) is 4.98 Å². The molecular formula is C17H21F3N4OS. The molecule has 0 amide bonds. The molecule has 1 heterocycles. The van der Waals surface area contributed by atoms with Gasteiger partial charge in [-0.1, -0.05) is 12.1 Å². The van der Waals surface area contributed by atoms with E-state index in [0.717, 1.165) is 28.0 Å². The Balaban J connectivity index is 1.85. The maximum Gasteiger partial charge on any atom is 0.434 e. The summed E-state index contributed by atoms with van der Waals surface area (Å²) in [7, 11) is 5.18. The molecule has 0 fully saturated rings. The highest BCUT2D eigenvalue weighted by atomic mass is 32.1. The van der Waals surface area contributed by atoms with Crippen molar-refractivity contribution in [2.45, 2.75) is 19.1 Å². The molecule has 0 saturated carbocycles. The Morgan fingerprint density at radius 2 is 2.00 bits per heavy atom. The lowest BCUT2D eigenvalue weighted by atomic mass is 10.2. The van der Waals surface area contributed by atoms with Crippen LogP contribution in [0.5, 0.6) is 5.75 Å². The second kappa shape index (κ2) is 8.88. The van der Waals surface area contributed by atoms with E-state index in [0.29, 0.717) is 30.5 Å². The first kappa shape index (κ1) is 20.0. The molecular weight excluding hydrogens is 365 g/mol. The minimum atomic E-state index is -4.39. The molecule has 2 rings (SSSR count). The molecule has 1 N–H and O–H groups in total. The van der Waals surface area contributed by atoms with Crippen molar-refractivity contribution < 1.29 is 17.9 Å². The van der Waals surface area contributed by atoms with Crippen LogP contribution in [0.2, 0.25) is 0 Å². The summed E-state index contributed by atoms with van der Waals surface area (Å²) in [5.74, 6) is 1.45. The fourth-order valence-corrected chi connectivity index (χ4v) is 3.11. The summed E-state index contributed by atoms with van der Waals surface area (Å²) in [6.07, 6.45) is -3.99. The van der Waals surface area contributed by atoms with E-state index in [-0.39, 0.29) is 0 Å². The minimum Gasteiger partial charge on any atom is -0.497 e. The molecule has 0 radical (unpaired) electrons. The summed E-state index contributed by atoms with van der Waals surface area (Å²) in [6.45, 7) is 1.09. The summed E-state index contributed by atoms with van der Waals surface area (Å²) in [6, 6.07) is 7.72. The average molecular weight is 386 g/mol. The Hall–Kier alpha value is -2.29. The molecule has 0 aliphatic rings. The number of hydrogen-bond acceptors (Lipinski definition) is 4. The number of hydrogen-bond donors (Lipinski definition) is 1. The number of methoxy groups -OCH3 is 1. The highest BCUT2D eigenvalue weighted by Crippen LogP contribution is 2.30. The topological polar surface area (TPSA) is 49.8 Å². The summed E-state index contributed by atoms with van der Waals surface area (Å²) in [5, 5.41) is 4.63. The molecule has 0 saturated heterocycles. The highest BCUT2D eigenvalue weighted by molar-refractivity contribution is 7.09. The van der Waals surface area contributed by atoms with Gasteiger partial charge >= 0.3 is 6.18 Å². The number of thiazole rings is 1. The van der Waals surface area contributed by atoms with Crippen molar-refractivity contribution in [2.24, 2.45) is 4.99 Å². The van der Waals surface area contributed by atoms with Crippen molar-refractivity contribution >= 4 is 17.3 Å². The van der Waals surface area contributed by atoms with Crippen LogP contribution in [0.3, 0.4) is 0 Å². The standard InChI is InChI=1S/C17H21F3N4OS/c1-21-16(24(2)10-12-4-6-13(25-3)7-5-12)22-9-8-15-23-14(11-26-15)17(18,19)20/h4-7,11H,8-10H2,1-3H3,(H,21,22). The van der Waals surface area contributed by atoms with Crippen LogP contribution in [-0.4, -0.2) is 43.6 Å². The molecule has 0 bridgehead atoms. The first-order valence-electron chi connectivity index (χ1n) is 7.89. The second-order valence-corrected chi connectivity index (χ2v) is 6.50. The predicted octanol–water partition coefficient (Wildman–Crippen LogP) is 3.42. The van der Waals surface area contributed by atoms with Gasteiger partial charge in [-0.05, 0) is 17.7 Å². The van der Waals surface area contributed by atoms with Gasteiger partial charge in [-0.3, -0.25) is 4.99 Å². The average Bonchev–Trinajstić information content (AvgIpc) is 3.08. The van der Waals surface area contributed by atoms with Crippen molar-refractivity contribution in [3.05, 3.63) is 45.9 Å². The minimum absolute atomic E-state index is 0.399. The molecule has 0 atom stereocenters. The molecule has 9 heteroatoms. The van der Waals surface area contributed by atoms with E-state index in [9.17, 15) is 13.2 Å². The zero-order valence-corrected chi connectivity index (χ0v) is 15.6. The van der Waals surface area contributed by atoms with Gasteiger partial charge < -0.3 is 15.0 Å². The van der Waals surface area contributed by atoms with Gasteiger partial charge in [-0.2, -0.15) is 13.2 Å². The number of nitrogens with one attached hydrogen (secondary N) is 1. The quantitative estimate of drug-likeness (QED) is 0.611. The Morgan fingerprint density at radius 1 is 1.31 bits per heavy atom. The van der Waals surface area contributed by atoms with E-state index >= 15 is 0 Å². The van der Waals surface area contributed by atoms with Gasteiger partial charge in [0.15, 0.2) is 11.7 Å². The van der Waals surface area contributed by atoms with Crippen LogP contribution in [-0.2, 0) is 19.1 Å². The van der Waals surface area contributed by atoms with Gasteiger partial charge in [0.2, 0.25) is 0 Å². The Morgan fingerprint density at radius 3 is 2.54 bits per heavy atom. The van der Waals surface area contributed by atoms with Gasteiger partial charge in [0.1, 0.15) is 5.75 Å². The summed E-state index contributed by atoms with van der Waals surface area (Å²) in [4.78, 5) is 9.76. The third kappa shape index (κ3) is 5.62. The molecule has 0 aliphatic carbocycles. The molecule has 5 nitrogen and oxygen atoms in total. The predicted molar refractivity (Wildman–Crippen MR) is 96.6 cm³/mol. The number of aliphatic imine (C=N–C) groups is 1. The molecule has 26 heavy (non-hydrogen) atoms. The van der Waals surface area contributed by atoms with E-state index in [4.69, 9.17) is 4.74 Å². The largest absolute Gasteiger partial charge is 0.497 e. The van der Waals surface area contributed by atoms with Crippen molar-refractivity contribution in [3.8, 4) is 5.75 Å². The Bertz CT molecular complexity index is 728. The molecule has 0 spiro atoms. The fraction of sp³-hybridized carbons (Fsp3) is 0.412. The number of nitrogens with zero attached hydrogens (tertiary/aromatic N) is 3. The first-order valence-corrected chi connectivity index (χ1v) is 8.77. The number of alkyl halides is 3. The number of ether oxygens (including phenoxy) is 1. The van der Waals surface area contributed by atoms with Crippen LogP contribution in [0.1, 0.15) is 16.3 Å². The number of benzene rings is 1. The van der Waals surface area contributed by atoms with Crippen LogP contribution in [0.4, 0.5) is 13.2 Å². The molecule has 2 aromatic rings. The molecule has 0 unspecified atom stereocenters. The van der Waals surface area contributed by atoms with Crippen LogP contribution in [0.25, 0.3) is 0 Å². The first-order chi connectivity index (χ1) is 12.3. The number of aromatic nitrogens is 1. The molecule has 1 aromatic carbocycles. The molecule has 1 aromatic heterocycles. The van der Waals surface area contributed by atoms with Crippen molar-refractivity contribution in [3.63, 3.8) is 0 Å². The fourth-order valence-electron chi connectivity index (χ4n) is 2.30. The number of guanidine groups is 1. The van der Waals surface area contributed by atoms with E-state index in [1.54, 1.807) is 14.2 Å². The van der Waals surface area contributed by atoms with E-state index in [1.165, 1.54) is 0 Å². The van der Waals surface area contributed by atoms with Gasteiger partial charge in [0, 0.05) is 39.0 Å². The van der Waals surface area contributed by atoms with Crippen LogP contribution in [0.15, 0.2) is 34.6 Å². The zero-order valence-electron chi connectivity index (χ0n) is 14.8. The molecule has 0 aliphatic heterocycles. The smallest absolute Gasteiger partial charge is 0.434 e. The summed E-state index contributed by atoms with van der Waals surface area (Å²) in [5.41, 5.74) is 0.254. The van der Waals surface area contributed by atoms with E-state index in [2.05, 4.69) is 15.3 Å².